The molecule has 3 nitrogen and oxygen atoms in total. The van der Waals surface area contributed by atoms with Crippen LogP contribution in [0.1, 0.15) is 22.3 Å². The van der Waals surface area contributed by atoms with Crippen LogP contribution in [0.25, 0.3) is 11.8 Å². The van der Waals surface area contributed by atoms with Crippen molar-refractivity contribution in [3.05, 3.63) is 99.0 Å². The van der Waals surface area contributed by atoms with Crippen molar-refractivity contribution in [1.29, 1.82) is 0 Å². The van der Waals surface area contributed by atoms with Gasteiger partial charge in [-0.15, -0.1) is 12.4 Å². The van der Waals surface area contributed by atoms with Gasteiger partial charge < -0.3 is 9.64 Å². The van der Waals surface area contributed by atoms with Gasteiger partial charge in [0.2, 0.25) is 0 Å². The van der Waals surface area contributed by atoms with E-state index in [1.165, 1.54) is 16.8 Å². The molecule has 2 heterocycles. The second kappa shape index (κ2) is 8.73. The number of fused-ring (bicyclic) bond motifs is 3. The largest absolute Gasteiger partial charge is 0.486 e. The van der Waals surface area contributed by atoms with Gasteiger partial charge in [0, 0.05) is 12.1 Å². The predicted molar refractivity (Wildman–Crippen MR) is 127 cm³/mol. The number of halogens is 3. The van der Waals surface area contributed by atoms with Crippen molar-refractivity contribution < 1.29 is 4.74 Å². The molecule has 0 amide bonds. The minimum absolute atomic E-state index is 0. The third-order valence-corrected chi connectivity index (χ3v) is 5.77. The van der Waals surface area contributed by atoms with Crippen molar-refractivity contribution in [2.24, 2.45) is 4.99 Å². The molecule has 2 aliphatic heterocycles. The molecule has 152 valence electrons. The fourth-order valence-electron chi connectivity index (χ4n) is 3.75. The van der Waals surface area contributed by atoms with Gasteiger partial charge in [0.05, 0.1) is 22.3 Å². The predicted octanol–water partition coefficient (Wildman–Crippen LogP) is 6.57. The summed E-state index contributed by atoms with van der Waals surface area (Å²) < 4.78 is 5.85. The second-order valence-electron chi connectivity index (χ2n) is 7.01. The number of ether oxygens (including phenoxy) is 1. The summed E-state index contributed by atoms with van der Waals surface area (Å²) in [4.78, 5) is 7.03. The lowest BCUT2D eigenvalue weighted by Crippen LogP contribution is -2.30. The van der Waals surface area contributed by atoms with Crippen LogP contribution < -0.4 is 4.74 Å². The molecule has 0 bridgehead atoms. The number of amidine groups is 1. The maximum absolute atomic E-state index is 6.18. The van der Waals surface area contributed by atoms with Crippen LogP contribution in [0.2, 0.25) is 10.0 Å². The van der Waals surface area contributed by atoms with Crippen molar-refractivity contribution in [2.75, 3.05) is 13.1 Å². The van der Waals surface area contributed by atoms with E-state index in [1.807, 2.05) is 0 Å². The molecule has 0 atom stereocenters. The SMILES string of the molecule is Cl.Clc1cccc(Cl)c1OCc1ccc(C2=Cc3ccccc3C3=NCCN23)cc1. The third-order valence-electron chi connectivity index (χ3n) is 5.18. The molecule has 3 aromatic rings. The zero-order chi connectivity index (χ0) is 19.8. The smallest absolute Gasteiger partial charge is 0.156 e. The van der Waals surface area contributed by atoms with Crippen LogP contribution in [-0.4, -0.2) is 23.8 Å². The van der Waals surface area contributed by atoms with E-state index in [1.54, 1.807) is 18.2 Å². The topological polar surface area (TPSA) is 24.8 Å². The lowest BCUT2D eigenvalue weighted by Gasteiger charge is -2.29. The molecule has 30 heavy (non-hydrogen) atoms. The van der Waals surface area contributed by atoms with E-state index in [0.717, 1.165) is 30.1 Å². The molecule has 2 aliphatic rings. The summed E-state index contributed by atoms with van der Waals surface area (Å²) in [6, 6.07) is 22.2. The minimum Gasteiger partial charge on any atom is -0.486 e. The van der Waals surface area contributed by atoms with Gasteiger partial charge in [-0.2, -0.15) is 0 Å². The van der Waals surface area contributed by atoms with Crippen molar-refractivity contribution in [3.63, 3.8) is 0 Å². The van der Waals surface area contributed by atoms with Crippen LogP contribution >= 0.6 is 35.6 Å². The van der Waals surface area contributed by atoms with Crippen LogP contribution in [0.3, 0.4) is 0 Å². The maximum Gasteiger partial charge on any atom is 0.156 e. The first-order valence-corrected chi connectivity index (χ1v) is 10.3. The number of benzene rings is 3. The van der Waals surface area contributed by atoms with E-state index in [9.17, 15) is 0 Å². The molecule has 3 aromatic carbocycles. The Bertz CT molecular complexity index is 1120. The van der Waals surface area contributed by atoms with Gasteiger partial charge >= 0.3 is 0 Å². The zero-order valence-electron chi connectivity index (χ0n) is 16.0. The Morgan fingerprint density at radius 3 is 2.40 bits per heavy atom. The number of para-hydroxylation sites is 1. The summed E-state index contributed by atoms with van der Waals surface area (Å²) in [5, 5.41) is 1.03. The Hall–Kier alpha value is -2.46. The molecule has 0 radical (unpaired) electrons. The molecule has 0 saturated carbocycles. The summed E-state index contributed by atoms with van der Waals surface area (Å²) >= 11 is 12.4. The summed E-state index contributed by atoms with van der Waals surface area (Å²) in [5.74, 6) is 1.59. The van der Waals surface area contributed by atoms with Gasteiger partial charge in [-0.25, -0.2) is 0 Å². The normalized spacial score (nSPS) is 14.3. The fourth-order valence-corrected chi connectivity index (χ4v) is 4.26. The van der Waals surface area contributed by atoms with E-state index in [4.69, 9.17) is 32.9 Å². The molecule has 0 spiro atoms. The first-order chi connectivity index (χ1) is 14.2. The van der Waals surface area contributed by atoms with Gasteiger partial charge in [-0.1, -0.05) is 77.8 Å². The Labute approximate surface area is 192 Å². The Balaban J connectivity index is 0.00000218. The highest BCUT2D eigenvalue weighted by molar-refractivity contribution is 6.37. The van der Waals surface area contributed by atoms with Crippen LogP contribution in [0.4, 0.5) is 0 Å². The van der Waals surface area contributed by atoms with Gasteiger partial charge in [-0.3, -0.25) is 4.99 Å². The fraction of sp³-hybridized carbons (Fsp3) is 0.125. The molecule has 0 saturated heterocycles. The number of nitrogens with zero attached hydrogens (tertiary/aromatic N) is 2. The summed E-state index contributed by atoms with van der Waals surface area (Å²) in [7, 11) is 0. The van der Waals surface area contributed by atoms with E-state index >= 15 is 0 Å². The average Bonchev–Trinajstić information content (AvgIpc) is 3.24. The zero-order valence-corrected chi connectivity index (χ0v) is 18.3. The lowest BCUT2D eigenvalue weighted by atomic mass is 9.97. The minimum atomic E-state index is 0. The van der Waals surface area contributed by atoms with Crippen LogP contribution in [0, 0.1) is 0 Å². The van der Waals surface area contributed by atoms with E-state index in [2.05, 4.69) is 59.5 Å². The second-order valence-corrected chi connectivity index (χ2v) is 7.82. The van der Waals surface area contributed by atoms with Gasteiger partial charge in [0.1, 0.15) is 12.4 Å². The summed E-state index contributed by atoms with van der Waals surface area (Å²) in [6.07, 6.45) is 2.24. The Morgan fingerprint density at radius 2 is 1.63 bits per heavy atom. The van der Waals surface area contributed by atoms with Crippen molar-refractivity contribution in [3.8, 4) is 5.75 Å². The standard InChI is InChI=1S/C24H18Cl2N2O.ClH/c25-20-6-3-7-21(26)23(20)29-15-16-8-10-17(11-9-16)22-14-18-4-1-2-5-19(18)24-27-12-13-28(22)24;/h1-11,14H,12-13,15H2;1H. The highest BCUT2D eigenvalue weighted by Gasteiger charge is 2.28. The maximum atomic E-state index is 6.18. The molecular formula is C24H19Cl3N2O. The molecule has 0 N–H and O–H groups in total. The quantitative estimate of drug-likeness (QED) is 0.443. The van der Waals surface area contributed by atoms with Crippen molar-refractivity contribution in [1.82, 2.24) is 4.90 Å². The Morgan fingerprint density at radius 1 is 0.900 bits per heavy atom. The number of rotatable bonds is 4. The molecule has 0 fully saturated rings. The van der Waals surface area contributed by atoms with Gasteiger partial charge in [0.25, 0.3) is 0 Å². The molecule has 5 rings (SSSR count). The van der Waals surface area contributed by atoms with E-state index in [-0.39, 0.29) is 12.4 Å². The first-order valence-electron chi connectivity index (χ1n) is 9.50. The monoisotopic (exact) mass is 456 g/mol. The van der Waals surface area contributed by atoms with Crippen molar-refractivity contribution >= 4 is 53.2 Å². The average molecular weight is 458 g/mol. The molecule has 0 unspecified atom stereocenters. The molecule has 6 heteroatoms. The number of hydrogen-bond acceptors (Lipinski definition) is 3. The molecular weight excluding hydrogens is 439 g/mol. The Kier molecular flexibility index (Phi) is 6.05. The summed E-state index contributed by atoms with van der Waals surface area (Å²) in [5.41, 5.74) is 5.81. The van der Waals surface area contributed by atoms with Crippen LogP contribution in [0.5, 0.6) is 5.75 Å². The van der Waals surface area contributed by atoms with Crippen molar-refractivity contribution in [2.45, 2.75) is 6.61 Å². The first kappa shape index (κ1) is 20.8. The van der Waals surface area contributed by atoms with Gasteiger partial charge in [0.15, 0.2) is 5.75 Å². The van der Waals surface area contributed by atoms with Crippen LogP contribution in [-0.2, 0) is 6.61 Å². The highest BCUT2D eigenvalue weighted by atomic mass is 35.5. The highest BCUT2D eigenvalue weighted by Crippen LogP contribution is 2.34. The van der Waals surface area contributed by atoms with Gasteiger partial charge in [-0.05, 0) is 34.9 Å². The van der Waals surface area contributed by atoms with E-state index < -0.39 is 0 Å². The summed E-state index contributed by atoms with van der Waals surface area (Å²) in [6.45, 7) is 2.14. The molecule has 0 aliphatic carbocycles. The number of aliphatic imine (C=N–C) groups is 1. The van der Waals surface area contributed by atoms with Crippen LogP contribution in [0.15, 0.2) is 71.7 Å². The number of hydrogen-bond donors (Lipinski definition) is 0. The van der Waals surface area contributed by atoms with E-state index in [0.29, 0.717) is 22.4 Å². The third kappa shape index (κ3) is 3.81. The lowest BCUT2D eigenvalue weighted by molar-refractivity contribution is 0.306. The molecule has 0 aromatic heterocycles.